The van der Waals surface area contributed by atoms with Crippen LogP contribution < -0.4 is 10.2 Å². The quantitative estimate of drug-likeness (QED) is 0.799. The molecular formula is C11H14N2O2. The summed E-state index contributed by atoms with van der Waals surface area (Å²) in [7, 11) is 1.70. The molecule has 0 atom stereocenters. The van der Waals surface area contributed by atoms with Gasteiger partial charge in [0.25, 0.3) is 0 Å². The first kappa shape index (κ1) is 11.2. The average Bonchev–Trinajstić information content (AvgIpc) is 2.17. The number of carbonyl (C=O) groups is 2. The van der Waals surface area contributed by atoms with Crippen molar-refractivity contribution in [2.45, 2.75) is 13.8 Å². The minimum atomic E-state index is -0.109. The van der Waals surface area contributed by atoms with Gasteiger partial charge in [0.1, 0.15) is 0 Å². The van der Waals surface area contributed by atoms with Crippen molar-refractivity contribution in [2.75, 3.05) is 17.3 Å². The second-order valence-electron chi connectivity index (χ2n) is 3.31. The van der Waals surface area contributed by atoms with Gasteiger partial charge in [0.15, 0.2) is 0 Å². The molecule has 0 saturated carbocycles. The van der Waals surface area contributed by atoms with Crippen LogP contribution in [0.5, 0.6) is 0 Å². The van der Waals surface area contributed by atoms with Crippen molar-refractivity contribution in [3.05, 3.63) is 24.3 Å². The second kappa shape index (κ2) is 4.59. The topological polar surface area (TPSA) is 49.4 Å². The molecule has 0 bridgehead atoms. The standard InChI is InChI=1S/C11H14N2O2/c1-8(14)12-10-4-6-11(7-5-10)13(3)9(2)15/h4-7H,1-3H3,(H,12,14). The summed E-state index contributed by atoms with van der Waals surface area (Å²) in [5.41, 5.74) is 1.53. The number of nitrogens with zero attached hydrogens (tertiary/aromatic N) is 1. The van der Waals surface area contributed by atoms with Gasteiger partial charge < -0.3 is 10.2 Å². The number of amides is 2. The van der Waals surface area contributed by atoms with E-state index in [1.807, 2.05) is 0 Å². The Kier molecular flexibility index (Phi) is 3.44. The highest BCUT2D eigenvalue weighted by molar-refractivity contribution is 5.92. The lowest BCUT2D eigenvalue weighted by Crippen LogP contribution is -2.22. The summed E-state index contributed by atoms with van der Waals surface area (Å²) in [6.45, 7) is 2.96. The number of carbonyl (C=O) groups excluding carboxylic acids is 2. The summed E-state index contributed by atoms with van der Waals surface area (Å²) >= 11 is 0. The molecule has 1 aromatic carbocycles. The zero-order valence-electron chi connectivity index (χ0n) is 9.07. The number of benzene rings is 1. The monoisotopic (exact) mass is 206 g/mol. The largest absolute Gasteiger partial charge is 0.326 e. The first-order chi connectivity index (χ1) is 7.00. The number of rotatable bonds is 2. The molecule has 2 amide bonds. The van der Waals surface area contributed by atoms with Crippen LogP contribution >= 0.6 is 0 Å². The summed E-state index contributed by atoms with van der Waals surface area (Å²) in [6, 6.07) is 7.09. The third-order valence-electron chi connectivity index (χ3n) is 2.05. The van der Waals surface area contributed by atoms with Gasteiger partial charge in [-0.05, 0) is 24.3 Å². The molecule has 0 aliphatic heterocycles. The van der Waals surface area contributed by atoms with Crippen LogP contribution in [0.15, 0.2) is 24.3 Å². The maximum atomic E-state index is 11.1. The molecular weight excluding hydrogens is 192 g/mol. The van der Waals surface area contributed by atoms with Crippen LogP contribution in [-0.4, -0.2) is 18.9 Å². The van der Waals surface area contributed by atoms with Crippen LogP contribution in [0.25, 0.3) is 0 Å². The molecule has 1 aromatic rings. The predicted molar refractivity (Wildman–Crippen MR) is 59.8 cm³/mol. The van der Waals surface area contributed by atoms with Gasteiger partial charge in [-0.25, -0.2) is 0 Å². The molecule has 1 rings (SSSR count). The van der Waals surface area contributed by atoms with Crippen LogP contribution in [0, 0.1) is 0 Å². The third kappa shape index (κ3) is 3.09. The Hall–Kier alpha value is -1.84. The molecule has 0 unspecified atom stereocenters. The van der Waals surface area contributed by atoms with Gasteiger partial charge in [0, 0.05) is 32.3 Å². The molecule has 0 spiro atoms. The first-order valence-electron chi connectivity index (χ1n) is 4.62. The summed E-state index contributed by atoms with van der Waals surface area (Å²) in [5.74, 6) is -0.134. The second-order valence-corrected chi connectivity index (χ2v) is 3.31. The van der Waals surface area contributed by atoms with Gasteiger partial charge in [-0.15, -0.1) is 0 Å². The van der Waals surface area contributed by atoms with Crippen molar-refractivity contribution in [1.29, 1.82) is 0 Å². The Morgan fingerprint density at radius 1 is 1.13 bits per heavy atom. The van der Waals surface area contributed by atoms with E-state index in [0.717, 1.165) is 11.4 Å². The molecule has 0 aliphatic carbocycles. The SMILES string of the molecule is CC(=O)Nc1ccc(N(C)C(C)=O)cc1. The Morgan fingerprint density at radius 3 is 2.07 bits per heavy atom. The van der Waals surface area contributed by atoms with E-state index in [9.17, 15) is 9.59 Å². The Balaban J connectivity index is 2.80. The fourth-order valence-corrected chi connectivity index (χ4v) is 1.15. The van der Waals surface area contributed by atoms with E-state index in [-0.39, 0.29) is 11.8 Å². The summed E-state index contributed by atoms with van der Waals surface area (Å²) in [5, 5.41) is 2.66. The highest BCUT2D eigenvalue weighted by Gasteiger charge is 2.04. The number of anilines is 2. The van der Waals surface area contributed by atoms with Crippen molar-refractivity contribution < 1.29 is 9.59 Å². The van der Waals surface area contributed by atoms with Crippen molar-refractivity contribution >= 4 is 23.2 Å². The van der Waals surface area contributed by atoms with Gasteiger partial charge in [-0.1, -0.05) is 0 Å². The predicted octanol–water partition coefficient (Wildman–Crippen LogP) is 1.63. The summed E-state index contributed by atoms with van der Waals surface area (Å²) < 4.78 is 0. The molecule has 0 radical (unpaired) electrons. The van der Waals surface area contributed by atoms with E-state index < -0.39 is 0 Å². The van der Waals surface area contributed by atoms with E-state index in [1.165, 1.54) is 18.7 Å². The summed E-state index contributed by atoms with van der Waals surface area (Å²) in [6.07, 6.45) is 0. The maximum Gasteiger partial charge on any atom is 0.223 e. The van der Waals surface area contributed by atoms with E-state index in [1.54, 1.807) is 31.3 Å². The van der Waals surface area contributed by atoms with Crippen molar-refractivity contribution in [2.24, 2.45) is 0 Å². The minimum absolute atomic E-state index is 0.0257. The van der Waals surface area contributed by atoms with Gasteiger partial charge in [-0.2, -0.15) is 0 Å². The average molecular weight is 206 g/mol. The highest BCUT2D eigenvalue weighted by Crippen LogP contribution is 2.16. The van der Waals surface area contributed by atoms with E-state index in [4.69, 9.17) is 0 Å². The molecule has 4 nitrogen and oxygen atoms in total. The fraction of sp³-hybridized carbons (Fsp3) is 0.273. The molecule has 0 aliphatic rings. The zero-order chi connectivity index (χ0) is 11.4. The van der Waals surface area contributed by atoms with E-state index in [0.29, 0.717) is 0 Å². The maximum absolute atomic E-state index is 11.1. The van der Waals surface area contributed by atoms with Gasteiger partial charge in [0.05, 0.1) is 0 Å². The van der Waals surface area contributed by atoms with Crippen molar-refractivity contribution in [3.8, 4) is 0 Å². The molecule has 0 aromatic heterocycles. The van der Waals surface area contributed by atoms with Crippen LogP contribution in [-0.2, 0) is 9.59 Å². The van der Waals surface area contributed by atoms with Crippen LogP contribution in [0.1, 0.15) is 13.8 Å². The van der Waals surface area contributed by atoms with E-state index >= 15 is 0 Å². The lowest BCUT2D eigenvalue weighted by atomic mass is 10.2. The first-order valence-corrected chi connectivity index (χ1v) is 4.62. The number of hydrogen-bond acceptors (Lipinski definition) is 2. The number of nitrogens with one attached hydrogen (secondary N) is 1. The molecule has 4 heteroatoms. The van der Waals surface area contributed by atoms with Gasteiger partial charge in [0.2, 0.25) is 11.8 Å². The van der Waals surface area contributed by atoms with Gasteiger partial charge in [-0.3, -0.25) is 9.59 Å². The van der Waals surface area contributed by atoms with Crippen molar-refractivity contribution in [1.82, 2.24) is 0 Å². The smallest absolute Gasteiger partial charge is 0.223 e. The van der Waals surface area contributed by atoms with Crippen LogP contribution in [0.2, 0.25) is 0 Å². The van der Waals surface area contributed by atoms with E-state index in [2.05, 4.69) is 5.32 Å². The van der Waals surface area contributed by atoms with Crippen molar-refractivity contribution in [3.63, 3.8) is 0 Å². The normalized spacial score (nSPS) is 9.53. The lowest BCUT2D eigenvalue weighted by molar-refractivity contribution is -0.116. The molecule has 0 saturated heterocycles. The Labute approximate surface area is 88.9 Å². The molecule has 15 heavy (non-hydrogen) atoms. The molecule has 0 fully saturated rings. The summed E-state index contributed by atoms with van der Waals surface area (Å²) in [4.78, 5) is 23.4. The fourth-order valence-electron chi connectivity index (χ4n) is 1.15. The number of hydrogen-bond donors (Lipinski definition) is 1. The molecule has 0 heterocycles. The Morgan fingerprint density at radius 2 is 1.67 bits per heavy atom. The van der Waals surface area contributed by atoms with Crippen LogP contribution in [0.4, 0.5) is 11.4 Å². The Bertz CT molecular complexity index is 371. The third-order valence-corrected chi connectivity index (χ3v) is 2.05. The molecule has 80 valence electrons. The van der Waals surface area contributed by atoms with Crippen LogP contribution in [0.3, 0.4) is 0 Å². The highest BCUT2D eigenvalue weighted by atomic mass is 16.2. The minimum Gasteiger partial charge on any atom is -0.326 e. The lowest BCUT2D eigenvalue weighted by Gasteiger charge is -2.15. The van der Waals surface area contributed by atoms with Gasteiger partial charge >= 0.3 is 0 Å². The zero-order valence-corrected chi connectivity index (χ0v) is 9.07. The molecule has 1 N–H and O–H groups in total.